The van der Waals surface area contributed by atoms with Crippen LogP contribution in [0.15, 0.2) is 18.2 Å². The summed E-state index contributed by atoms with van der Waals surface area (Å²) < 4.78 is 44.9. The number of rotatable bonds is 3. The summed E-state index contributed by atoms with van der Waals surface area (Å²) in [6, 6.07) is 1.43. The molecule has 2 amide bonds. The minimum absolute atomic E-state index is 0.0178. The topological polar surface area (TPSA) is 87.2 Å². The molecule has 2 aliphatic rings. The molecule has 2 aliphatic heterocycles. The Bertz CT molecular complexity index is 780. The van der Waals surface area contributed by atoms with E-state index in [2.05, 4.69) is 0 Å². The van der Waals surface area contributed by atoms with Crippen molar-refractivity contribution in [1.82, 2.24) is 4.90 Å². The SMILES string of the molecule is O=C(O)[C@@H]1COCCN1C(=O)c1cc(N2CCCC2=O)cc(C(F)(F)F)c1. The lowest BCUT2D eigenvalue weighted by Crippen LogP contribution is -2.52. The predicted octanol–water partition coefficient (Wildman–Crippen LogP) is 1.76. The Morgan fingerprint density at radius 3 is 2.52 bits per heavy atom. The van der Waals surface area contributed by atoms with Gasteiger partial charge in [-0.15, -0.1) is 0 Å². The van der Waals surface area contributed by atoms with E-state index in [0.717, 1.165) is 11.0 Å². The number of alkyl halides is 3. The van der Waals surface area contributed by atoms with Gasteiger partial charge in [-0.3, -0.25) is 9.59 Å². The molecule has 0 spiro atoms. The summed E-state index contributed by atoms with van der Waals surface area (Å²) in [4.78, 5) is 38.2. The molecule has 10 heteroatoms. The smallest absolute Gasteiger partial charge is 0.416 e. The number of hydrogen-bond donors (Lipinski definition) is 1. The molecule has 1 atom stereocenters. The number of ether oxygens (including phenoxy) is 1. The number of hydrogen-bond acceptors (Lipinski definition) is 4. The number of aliphatic carboxylic acids is 1. The fourth-order valence-corrected chi connectivity index (χ4v) is 3.19. The van der Waals surface area contributed by atoms with Gasteiger partial charge in [0.1, 0.15) is 0 Å². The second-order valence-corrected chi connectivity index (χ2v) is 6.34. The number of halogens is 3. The van der Waals surface area contributed by atoms with E-state index >= 15 is 0 Å². The highest BCUT2D eigenvalue weighted by molar-refractivity contribution is 6.00. The van der Waals surface area contributed by atoms with E-state index in [1.165, 1.54) is 11.0 Å². The first-order valence-electron chi connectivity index (χ1n) is 8.32. The normalized spacial score (nSPS) is 20.9. The highest BCUT2D eigenvalue weighted by atomic mass is 19.4. The third-order valence-electron chi connectivity index (χ3n) is 4.55. The van der Waals surface area contributed by atoms with Crippen LogP contribution < -0.4 is 4.90 Å². The molecule has 3 rings (SSSR count). The minimum Gasteiger partial charge on any atom is -0.480 e. The maximum Gasteiger partial charge on any atom is 0.416 e. The van der Waals surface area contributed by atoms with Crippen LogP contribution in [0.5, 0.6) is 0 Å². The molecule has 2 heterocycles. The molecule has 2 saturated heterocycles. The summed E-state index contributed by atoms with van der Waals surface area (Å²) in [7, 11) is 0. The van der Waals surface area contributed by atoms with Crippen LogP contribution in [0, 0.1) is 0 Å². The molecule has 146 valence electrons. The standard InChI is InChI=1S/C17H17F3N2O5/c18-17(19,20)11-6-10(7-12(8-11)21-3-1-2-14(21)23)15(24)22-4-5-27-9-13(22)16(25)26/h6-8,13H,1-5,9H2,(H,25,26)/t13-/m0/s1. The maximum atomic E-state index is 13.3. The van der Waals surface area contributed by atoms with E-state index in [1.54, 1.807) is 0 Å². The van der Waals surface area contributed by atoms with Crippen LogP contribution in [0.3, 0.4) is 0 Å². The number of anilines is 1. The van der Waals surface area contributed by atoms with Crippen LogP contribution in [0.1, 0.15) is 28.8 Å². The maximum absolute atomic E-state index is 13.3. The summed E-state index contributed by atoms with van der Waals surface area (Å²) in [5, 5.41) is 9.24. The second kappa shape index (κ2) is 7.18. The number of carboxylic acid groups (broad SMARTS) is 1. The first kappa shape index (κ1) is 19.2. The molecule has 0 saturated carbocycles. The van der Waals surface area contributed by atoms with Gasteiger partial charge in [0, 0.05) is 30.8 Å². The van der Waals surface area contributed by atoms with E-state index in [-0.39, 0.29) is 49.9 Å². The van der Waals surface area contributed by atoms with Crippen LogP contribution >= 0.6 is 0 Å². The molecule has 1 aromatic rings. The van der Waals surface area contributed by atoms with Gasteiger partial charge < -0.3 is 19.6 Å². The lowest BCUT2D eigenvalue weighted by Gasteiger charge is -2.33. The van der Waals surface area contributed by atoms with E-state index in [4.69, 9.17) is 4.74 Å². The summed E-state index contributed by atoms with van der Waals surface area (Å²) in [5.74, 6) is -2.46. The van der Waals surface area contributed by atoms with Gasteiger partial charge in [0.15, 0.2) is 6.04 Å². The highest BCUT2D eigenvalue weighted by Gasteiger charge is 2.37. The molecule has 1 aromatic carbocycles. The van der Waals surface area contributed by atoms with Crippen LogP contribution in [0.2, 0.25) is 0 Å². The minimum atomic E-state index is -4.72. The Kier molecular flexibility index (Phi) is 5.09. The zero-order valence-corrected chi connectivity index (χ0v) is 14.2. The fraction of sp³-hybridized carbons (Fsp3) is 0.471. The van der Waals surface area contributed by atoms with E-state index < -0.39 is 29.7 Å². The molecule has 0 aromatic heterocycles. The van der Waals surface area contributed by atoms with Crippen molar-refractivity contribution in [2.45, 2.75) is 25.1 Å². The summed E-state index contributed by atoms with van der Waals surface area (Å²) >= 11 is 0. The Balaban J connectivity index is 2.01. The van der Waals surface area contributed by atoms with Crippen molar-refractivity contribution in [1.29, 1.82) is 0 Å². The van der Waals surface area contributed by atoms with Gasteiger partial charge in [-0.1, -0.05) is 0 Å². The van der Waals surface area contributed by atoms with Gasteiger partial charge in [0.25, 0.3) is 5.91 Å². The number of morpholine rings is 1. The van der Waals surface area contributed by atoms with Crippen LogP contribution in [0.25, 0.3) is 0 Å². The third kappa shape index (κ3) is 3.90. The average Bonchev–Trinajstić information content (AvgIpc) is 3.06. The summed E-state index contributed by atoms with van der Waals surface area (Å²) in [6.07, 6.45) is -3.97. The van der Waals surface area contributed by atoms with Crippen molar-refractivity contribution < 1.29 is 37.4 Å². The van der Waals surface area contributed by atoms with Crippen molar-refractivity contribution in [2.24, 2.45) is 0 Å². The van der Waals surface area contributed by atoms with Crippen molar-refractivity contribution in [3.05, 3.63) is 29.3 Å². The Morgan fingerprint density at radius 2 is 1.93 bits per heavy atom. The molecule has 0 radical (unpaired) electrons. The molecule has 7 nitrogen and oxygen atoms in total. The van der Waals surface area contributed by atoms with Crippen molar-refractivity contribution in [2.75, 3.05) is 31.2 Å². The molecule has 0 bridgehead atoms. The van der Waals surface area contributed by atoms with Crippen molar-refractivity contribution >= 4 is 23.5 Å². The second-order valence-electron chi connectivity index (χ2n) is 6.34. The highest BCUT2D eigenvalue weighted by Crippen LogP contribution is 2.34. The number of carbonyl (C=O) groups excluding carboxylic acids is 2. The molecular weight excluding hydrogens is 369 g/mol. The monoisotopic (exact) mass is 386 g/mol. The van der Waals surface area contributed by atoms with E-state index in [1.807, 2.05) is 0 Å². The number of carbonyl (C=O) groups is 3. The van der Waals surface area contributed by atoms with Crippen LogP contribution in [-0.2, 0) is 20.5 Å². The van der Waals surface area contributed by atoms with Gasteiger partial charge in [0.2, 0.25) is 5.91 Å². The van der Waals surface area contributed by atoms with Gasteiger partial charge in [-0.25, -0.2) is 4.79 Å². The van der Waals surface area contributed by atoms with Crippen LogP contribution in [0.4, 0.5) is 18.9 Å². The number of benzene rings is 1. The van der Waals surface area contributed by atoms with Gasteiger partial charge in [0.05, 0.1) is 18.8 Å². The number of nitrogens with zero attached hydrogens (tertiary/aromatic N) is 2. The molecule has 0 unspecified atom stereocenters. The lowest BCUT2D eigenvalue weighted by atomic mass is 10.1. The molecular formula is C17H17F3N2O5. The van der Waals surface area contributed by atoms with Crippen LogP contribution in [-0.4, -0.2) is 60.1 Å². The zero-order chi connectivity index (χ0) is 19.8. The van der Waals surface area contributed by atoms with Gasteiger partial charge >= 0.3 is 12.1 Å². The molecule has 0 aliphatic carbocycles. The Hall–Kier alpha value is -2.62. The molecule has 2 fully saturated rings. The Morgan fingerprint density at radius 1 is 1.19 bits per heavy atom. The van der Waals surface area contributed by atoms with E-state index in [0.29, 0.717) is 12.5 Å². The fourth-order valence-electron chi connectivity index (χ4n) is 3.19. The zero-order valence-electron chi connectivity index (χ0n) is 14.2. The van der Waals surface area contributed by atoms with Crippen molar-refractivity contribution in [3.63, 3.8) is 0 Å². The number of carboxylic acids is 1. The summed E-state index contributed by atoms with van der Waals surface area (Å²) in [5.41, 5.74) is -1.40. The quantitative estimate of drug-likeness (QED) is 0.856. The van der Waals surface area contributed by atoms with Crippen molar-refractivity contribution in [3.8, 4) is 0 Å². The van der Waals surface area contributed by atoms with Gasteiger partial charge in [-0.05, 0) is 24.6 Å². The van der Waals surface area contributed by atoms with Gasteiger partial charge in [-0.2, -0.15) is 13.2 Å². The Labute approximate surface area is 152 Å². The molecule has 1 N–H and O–H groups in total. The first-order valence-corrected chi connectivity index (χ1v) is 8.32. The lowest BCUT2D eigenvalue weighted by molar-refractivity contribution is -0.147. The van der Waals surface area contributed by atoms with E-state index in [9.17, 15) is 32.7 Å². The largest absolute Gasteiger partial charge is 0.480 e. The molecule has 27 heavy (non-hydrogen) atoms. The predicted molar refractivity (Wildman–Crippen MR) is 86.3 cm³/mol. The number of amides is 2. The average molecular weight is 386 g/mol. The third-order valence-corrected chi connectivity index (χ3v) is 4.55. The first-order chi connectivity index (χ1) is 12.7. The summed E-state index contributed by atoms with van der Waals surface area (Å²) in [6.45, 7) is 0.0660.